The monoisotopic (exact) mass is 282 g/mol. The number of hydrogen-bond donors (Lipinski definition) is 2. The molecule has 1 aromatic carbocycles. The lowest BCUT2D eigenvalue weighted by Crippen LogP contribution is -2.39. The van der Waals surface area contributed by atoms with E-state index < -0.39 is 10.8 Å². The van der Waals surface area contributed by atoms with E-state index in [4.69, 9.17) is 9.84 Å². The van der Waals surface area contributed by atoms with E-state index in [0.717, 1.165) is 0 Å². The first-order valence-corrected chi connectivity index (χ1v) is 6.16. The van der Waals surface area contributed by atoms with Gasteiger partial charge in [-0.15, -0.1) is 0 Å². The zero-order chi connectivity index (χ0) is 15.1. The van der Waals surface area contributed by atoms with Crippen molar-refractivity contribution in [3.63, 3.8) is 0 Å². The minimum absolute atomic E-state index is 0.0811. The van der Waals surface area contributed by atoms with E-state index in [1.54, 1.807) is 0 Å². The summed E-state index contributed by atoms with van der Waals surface area (Å²) in [6, 6.07) is 4.01. The van der Waals surface area contributed by atoms with E-state index in [1.165, 1.54) is 32.2 Å². The summed E-state index contributed by atoms with van der Waals surface area (Å²) in [5, 5.41) is 22.5. The van der Waals surface area contributed by atoms with Gasteiger partial charge in [-0.3, -0.25) is 14.9 Å². The molecular formula is C13H18N2O5. The Bertz CT molecular complexity index is 484. The summed E-state index contributed by atoms with van der Waals surface area (Å²) in [5.41, 5.74) is 0.469. The second kappa shape index (κ2) is 7.56. The molecule has 0 aliphatic rings. The van der Waals surface area contributed by atoms with Gasteiger partial charge in [-0.1, -0.05) is 6.07 Å². The van der Waals surface area contributed by atoms with Gasteiger partial charge in [-0.05, 0) is 19.4 Å². The lowest BCUT2D eigenvalue weighted by Gasteiger charge is -2.17. The summed E-state index contributed by atoms with van der Waals surface area (Å²) in [6.07, 6.45) is 0.355. The summed E-state index contributed by atoms with van der Waals surface area (Å²) >= 11 is 0. The molecule has 1 rings (SSSR count). The van der Waals surface area contributed by atoms with Crippen LogP contribution in [0.4, 0.5) is 5.69 Å². The van der Waals surface area contributed by atoms with Gasteiger partial charge in [0.2, 0.25) is 0 Å². The van der Waals surface area contributed by atoms with Crippen LogP contribution in [0.5, 0.6) is 0 Å². The summed E-state index contributed by atoms with van der Waals surface area (Å²) < 4.78 is 4.95. The molecule has 0 fully saturated rings. The molecule has 0 heterocycles. The number of aliphatic hydroxyl groups is 1. The van der Waals surface area contributed by atoms with Crippen LogP contribution in [0.15, 0.2) is 18.2 Å². The fourth-order valence-corrected chi connectivity index (χ4v) is 1.88. The lowest BCUT2D eigenvalue weighted by atomic mass is 10.1. The molecule has 20 heavy (non-hydrogen) atoms. The van der Waals surface area contributed by atoms with Crippen LogP contribution in [-0.2, 0) is 4.74 Å². The topological polar surface area (TPSA) is 102 Å². The highest BCUT2D eigenvalue weighted by Gasteiger charge is 2.20. The Balaban J connectivity index is 2.91. The van der Waals surface area contributed by atoms with E-state index >= 15 is 0 Å². The van der Waals surface area contributed by atoms with Gasteiger partial charge in [0, 0.05) is 30.9 Å². The van der Waals surface area contributed by atoms with Gasteiger partial charge in [0.1, 0.15) is 0 Å². The summed E-state index contributed by atoms with van der Waals surface area (Å²) in [4.78, 5) is 22.5. The lowest BCUT2D eigenvalue weighted by molar-refractivity contribution is -0.385. The fraction of sp³-hybridized carbons (Fsp3) is 0.462. The predicted octanol–water partition coefficient (Wildman–Crippen LogP) is 1.03. The number of nitro benzene ring substituents is 1. The highest BCUT2D eigenvalue weighted by atomic mass is 16.6. The number of benzene rings is 1. The molecule has 2 N–H and O–H groups in total. The molecule has 1 atom stereocenters. The SMILES string of the molecule is COCC(CCO)NC(=O)c1cccc([N+](=O)[O-])c1C. The largest absolute Gasteiger partial charge is 0.396 e. The minimum Gasteiger partial charge on any atom is -0.396 e. The zero-order valence-corrected chi connectivity index (χ0v) is 11.5. The van der Waals surface area contributed by atoms with Crippen molar-refractivity contribution >= 4 is 11.6 Å². The molecule has 0 saturated carbocycles. The van der Waals surface area contributed by atoms with Crippen LogP contribution < -0.4 is 5.32 Å². The van der Waals surface area contributed by atoms with Crippen molar-refractivity contribution in [2.75, 3.05) is 20.3 Å². The standard InChI is InChI=1S/C13H18N2O5/c1-9-11(4-3-5-12(9)15(18)19)13(17)14-10(6-7-16)8-20-2/h3-5,10,16H,6-8H2,1-2H3,(H,14,17). The Kier molecular flexibility index (Phi) is 6.08. The normalized spacial score (nSPS) is 11.9. The highest BCUT2D eigenvalue weighted by Crippen LogP contribution is 2.21. The molecule has 1 aromatic rings. The summed E-state index contributed by atoms with van der Waals surface area (Å²) in [7, 11) is 1.50. The smallest absolute Gasteiger partial charge is 0.273 e. The van der Waals surface area contributed by atoms with Gasteiger partial charge in [0.15, 0.2) is 0 Å². The van der Waals surface area contributed by atoms with Crippen LogP contribution in [0, 0.1) is 17.0 Å². The average Bonchev–Trinajstić information content (AvgIpc) is 2.39. The number of nitrogens with one attached hydrogen (secondary N) is 1. The van der Waals surface area contributed by atoms with Crippen molar-refractivity contribution < 1.29 is 19.6 Å². The van der Waals surface area contributed by atoms with Crippen LogP contribution in [-0.4, -0.2) is 42.3 Å². The third-order valence-corrected chi connectivity index (χ3v) is 2.93. The second-order valence-corrected chi connectivity index (χ2v) is 4.34. The van der Waals surface area contributed by atoms with Crippen LogP contribution in [0.3, 0.4) is 0 Å². The maximum absolute atomic E-state index is 12.1. The first-order valence-electron chi connectivity index (χ1n) is 6.16. The van der Waals surface area contributed by atoms with Crippen LogP contribution >= 0.6 is 0 Å². The number of hydrogen-bond acceptors (Lipinski definition) is 5. The maximum Gasteiger partial charge on any atom is 0.273 e. The van der Waals surface area contributed by atoms with Crippen LogP contribution in [0.25, 0.3) is 0 Å². The van der Waals surface area contributed by atoms with Crippen LogP contribution in [0.2, 0.25) is 0 Å². The van der Waals surface area contributed by atoms with Crippen molar-refractivity contribution in [2.24, 2.45) is 0 Å². The van der Waals surface area contributed by atoms with Crippen LogP contribution in [0.1, 0.15) is 22.3 Å². The van der Waals surface area contributed by atoms with Crippen molar-refractivity contribution in [2.45, 2.75) is 19.4 Å². The van der Waals surface area contributed by atoms with Gasteiger partial charge in [0.25, 0.3) is 11.6 Å². The third-order valence-electron chi connectivity index (χ3n) is 2.93. The molecule has 0 aliphatic carbocycles. The number of nitro groups is 1. The number of ether oxygens (including phenoxy) is 1. The zero-order valence-electron chi connectivity index (χ0n) is 11.5. The number of carbonyl (C=O) groups excluding carboxylic acids is 1. The van der Waals surface area contributed by atoms with Gasteiger partial charge >= 0.3 is 0 Å². The van der Waals surface area contributed by atoms with Crippen molar-refractivity contribution in [3.8, 4) is 0 Å². The summed E-state index contributed by atoms with van der Waals surface area (Å²) in [6.45, 7) is 1.72. The van der Waals surface area contributed by atoms with Gasteiger partial charge in [-0.25, -0.2) is 0 Å². The number of amides is 1. The number of nitrogens with zero attached hydrogens (tertiary/aromatic N) is 1. The molecule has 0 aliphatic heterocycles. The number of methoxy groups -OCH3 is 1. The molecule has 1 amide bonds. The van der Waals surface area contributed by atoms with Gasteiger partial charge in [0.05, 0.1) is 17.6 Å². The number of carbonyl (C=O) groups is 1. The fourth-order valence-electron chi connectivity index (χ4n) is 1.88. The molecule has 0 saturated heterocycles. The third kappa shape index (κ3) is 4.01. The Morgan fingerprint density at radius 2 is 2.25 bits per heavy atom. The van der Waals surface area contributed by atoms with Crippen molar-refractivity contribution in [1.82, 2.24) is 5.32 Å². The van der Waals surface area contributed by atoms with E-state index in [9.17, 15) is 14.9 Å². The van der Waals surface area contributed by atoms with E-state index in [2.05, 4.69) is 5.32 Å². The minimum atomic E-state index is -0.521. The van der Waals surface area contributed by atoms with E-state index in [1.807, 2.05) is 0 Å². The number of aliphatic hydroxyl groups excluding tert-OH is 1. The Hall–Kier alpha value is -1.99. The maximum atomic E-state index is 12.1. The Morgan fingerprint density at radius 3 is 2.80 bits per heavy atom. The molecule has 110 valence electrons. The molecule has 0 spiro atoms. The summed E-state index contributed by atoms with van der Waals surface area (Å²) in [5.74, 6) is -0.415. The molecule has 0 aromatic heterocycles. The molecule has 1 unspecified atom stereocenters. The molecule has 7 heteroatoms. The second-order valence-electron chi connectivity index (χ2n) is 4.34. The highest BCUT2D eigenvalue weighted by molar-refractivity contribution is 5.96. The quantitative estimate of drug-likeness (QED) is 0.574. The predicted molar refractivity (Wildman–Crippen MR) is 72.7 cm³/mol. The van der Waals surface area contributed by atoms with E-state index in [0.29, 0.717) is 12.0 Å². The van der Waals surface area contributed by atoms with Crippen molar-refractivity contribution in [3.05, 3.63) is 39.4 Å². The molecular weight excluding hydrogens is 264 g/mol. The first-order chi connectivity index (χ1) is 9.51. The Labute approximate surface area is 116 Å². The molecule has 7 nitrogen and oxygen atoms in total. The van der Waals surface area contributed by atoms with Crippen molar-refractivity contribution in [1.29, 1.82) is 0 Å². The van der Waals surface area contributed by atoms with E-state index in [-0.39, 0.29) is 30.5 Å². The number of rotatable bonds is 7. The van der Waals surface area contributed by atoms with Gasteiger partial charge in [-0.2, -0.15) is 0 Å². The molecule has 0 bridgehead atoms. The van der Waals surface area contributed by atoms with Gasteiger partial charge < -0.3 is 15.2 Å². The average molecular weight is 282 g/mol. The Morgan fingerprint density at radius 1 is 1.55 bits per heavy atom. The first kappa shape index (κ1) is 16.1. The molecule has 0 radical (unpaired) electrons.